The number of rotatable bonds is 32. The molecule has 0 aliphatic heterocycles. The van der Waals surface area contributed by atoms with E-state index in [9.17, 15) is 4.79 Å². The summed E-state index contributed by atoms with van der Waals surface area (Å²) in [4.78, 5) is 11.1. The van der Waals surface area contributed by atoms with Crippen molar-refractivity contribution in [3.63, 3.8) is 0 Å². The quantitative estimate of drug-likeness (QED) is 0.0562. The fourth-order valence-corrected chi connectivity index (χ4v) is 6.34. The van der Waals surface area contributed by atoms with Crippen molar-refractivity contribution < 1.29 is 4.79 Å². The summed E-state index contributed by atoms with van der Waals surface area (Å²) >= 11 is 0. The van der Waals surface area contributed by atoms with Gasteiger partial charge in [0.15, 0.2) is 0 Å². The monoisotopic (exact) mass is 591 g/mol. The molecule has 0 spiro atoms. The molecule has 0 amide bonds. The van der Waals surface area contributed by atoms with Gasteiger partial charge >= 0.3 is 0 Å². The van der Waals surface area contributed by atoms with Gasteiger partial charge in [0, 0.05) is 6.42 Å². The van der Waals surface area contributed by atoms with Gasteiger partial charge in [0.05, 0.1) is 0 Å². The van der Waals surface area contributed by atoms with Crippen LogP contribution in [-0.4, -0.2) is 5.78 Å². The van der Waals surface area contributed by atoms with Crippen molar-refractivity contribution in [2.24, 2.45) is 11.8 Å². The van der Waals surface area contributed by atoms with Crippen LogP contribution in [0.5, 0.6) is 0 Å². The topological polar surface area (TPSA) is 17.1 Å². The maximum absolute atomic E-state index is 11.1. The van der Waals surface area contributed by atoms with Gasteiger partial charge in [0.2, 0.25) is 0 Å². The first kappa shape index (κ1) is 43.5. The van der Waals surface area contributed by atoms with Gasteiger partial charge in [-0.2, -0.15) is 0 Å². The van der Waals surface area contributed by atoms with E-state index in [0.717, 1.165) is 24.7 Å². The fraction of sp³-hybridized carbons (Fsp3) is 0.927. The summed E-state index contributed by atoms with van der Waals surface area (Å²) in [6.45, 7) is 17.9. The minimum atomic E-state index is 0.342. The molecular weight excluding hydrogens is 508 g/mol. The first-order valence-corrected chi connectivity index (χ1v) is 19.7. The molecule has 0 aromatic heterocycles. The average molecular weight is 591 g/mol. The Labute approximate surface area is 268 Å². The first-order chi connectivity index (χ1) is 20.5. The number of allylic oxidation sites excluding steroid dienone is 1. The molecule has 0 saturated carbocycles. The zero-order valence-corrected chi connectivity index (χ0v) is 30.5. The van der Waals surface area contributed by atoms with E-state index in [-0.39, 0.29) is 0 Å². The summed E-state index contributed by atoms with van der Waals surface area (Å²) in [5, 5.41) is 0. The molecule has 0 heterocycles. The lowest BCUT2D eigenvalue weighted by Crippen LogP contribution is -2.13. The van der Waals surface area contributed by atoms with Gasteiger partial charge < -0.3 is 4.79 Å². The van der Waals surface area contributed by atoms with Crippen LogP contribution in [0.1, 0.15) is 234 Å². The molecule has 0 saturated heterocycles. The smallest absolute Gasteiger partial charge is 0.129 e. The molecule has 1 unspecified atom stereocenters. The Morgan fingerprint density at radius 2 is 0.714 bits per heavy atom. The third kappa shape index (κ3) is 32.3. The molecule has 0 aromatic carbocycles. The Bertz CT molecular complexity index is 511. The van der Waals surface area contributed by atoms with Gasteiger partial charge in [-0.05, 0) is 50.9 Å². The van der Waals surface area contributed by atoms with E-state index in [4.69, 9.17) is 6.58 Å². The van der Waals surface area contributed by atoms with Crippen molar-refractivity contribution in [2.75, 3.05) is 0 Å². The number of carbonyl (C=O) groups is 1. The van der Waals surface area contributed by atoms with E-state index in [1.54, 1.807) is 12.5 Å². The SMILES string of the molecule is C=C(C(CC)CCCCCCCC(C)=O)C(CCCCCCCC)CCCCCCCC.CCCCCCCCCC. The van der Waals surface area contributed by atoms with Crippen LogP contribution in [0.25, 0.3) is 0 Å². The highest BCUT2D eigenvalue weighted by Gasteiger charge is 2.19. The molecule has 1 heteroatoms. The summed E-state index contributed by atoms with van der Waals surface area (Å²) in [6.07, 6.45) is 40.6. The summed E-state index contributed by atoms with van der Waals surface area (Å²) in [7, 11) is 0. The molecule has 1 nitrogen and oxygen atoms in total. The number of hydrogen-bond donors (Lipinski definition) is 0. The Hall–Kier alpha value is -0.590. The van der Waals surface area contributed by atoms with Crippen LogP contribution >= 0.6 is 0 Å². The van der Waals surface area contributed by atoms with Crippen molar-refractivity contribution >= 4 is 5.78 Å². The van der Waals surface area contributed by atoms with Gasteiger partial charge in [-0.15, -0.1) is 0 Å². The predicted molar refractivity (Wildman–Crippen MR) is 194 cm³/mol. The van der Waals surface area contributed by atoms with Crippen molar-refractivity contribution in [1.29, 1.82) is 0 Å². The second-order valence-electron chi connectivity index (χ2n) is 13.6. The van der Waals surface area contributed by atoms with Gasteiger partial charge in [-0.25, -0.2) is 0 Å². The van der Waals surface area contributed by atoms with E-state index >= 15 is 0 Å². The maximum atomic E-state index is 11.1. The Morgan fingerprint density at radius 3 is 1.02 bits per heavy atom. The number of carbonyl (C=O) groups excluding carboxylic acids is 1. The lowest BCUT2D eigenvalue weighted by atomic mass is 9.79. The molecular formula is C41H82O. The van der Waals surface area contributed by atoms with Crippen LogP contribution in [0.4, 0.5) is 0 Å². The zero-order chi connectivity index (χ0) is 31.5. The lowest BCUT2D eigenvalue weighted by Gasteiger charge is -2.27. The molecule has 0 aromatic rings. The van der Waals surface area contributed by atoms with Crippen LogP contribution in [0, 0.1) is 11.8 Å². The lowest BCUT2D eigenvalue weighted by molar-refractivity contribution is -0.117. The van der Waals surface area contributed by atoms with Gasteiger partial charge in [-0.1, -0.05) is 201 Å². The predicted octanol–water partition coefficient (Wildman–Crippen LogP) is 15.2. The van der Waals surface area contributed by atoms with E-state index in [1.807, 2.05) is 0 Å². The average Bonchev–Trinajstić information content (AvgIpc) is 2.98. The summed E-state index contributed by atoms with van der Waals surface area (Å²) in [5.74, 6) is 1.82. The summed E-state index contributed by atoms with van der Waals surface area (Å²) in [5.41, 5.74) is 1.59. The normalized spacial score (nSPS) is 11.9. The summed E-state index contributed by atoms with van der Waals surface area (Å²) in [6, 6.07) is 0. The Morgan fingerprint density at radius 1 is 0.429 bits per heavy atom. The van der Waals surface area contributed by atoms with E-state index in [2.05, 4.69) is 34.6 Å². The van der Waals surface area contributed by atoms with Crippen LogP contribution in [0.15, 0.2) is 12.2 Å². The molecule has 0 fully saturated rings. The van der Waals surface area contributed by atoms with Crippen LogP contribution in [0.2, 0.25) is 0 Å². The highest BCUT2D eigenvalue weighted by Crippen LogP contribution is 2.33. The molecule has 0 radical (unpaired) electrons. The molecule has 42 heavy (non-hydrogen) atoms. The van der Waals surface area contributed by atoms with Crippen molar-refractivity contribution in [2.45, 2.75) is 234 Å². The molecule has 0 aliphatic rings. The van der Waals surface area contributed by atoms with E-state index < -0.39 is 0 Å². The molecule has 0 N–H and O–H groups in total. The number of Topliss-reactive ketones (excluding diaryl/α,β-unsaturated/α-hetero) is 1. The Balaban J connectivity index is 0. The minimum absolute atomic E-state index is 0.342. The summed E-state index contributed by atoms with van der Waals surface area (Å²) < 4.78 is 0. The molecule has 0 rings (SSSR count). The number of hydrogen-bond acceptors (Lipinski definition) is 1. The van der Waals surface area contributed by atoms with Gasteiger partial charge in [0.1, 0.15) is 5.78 Å². The second kappa shape index (κ2) is 36.6. The van der Waals surface area contributed by atoms with Crippen LogP contribution in [0.3, 0.4) is 0 Å². The van der Waals surface area contributed by atoms with Crippen molar-refractivity contribution in [3.05, 3.63) is 12.2 Å². The second-order valence-corrected chi connectivity index (χ2v) is 13.6. The van der Waals surface area contributed by atoms with E-state index in [1.165, 1.54) is 180 Å². The fourth-order valence-electron chi connectivity index (χ4n) is 6.34. The maximum Gasteiger partial charge on any atom is 0.129 e. The highest BCUT2D eigenvalue weighted by molar-refractivity contribution is 5.75. The third-order valence-electron chi connectivity index (χ3n) is 9.39. The molecule has 0 aliphatic carbocycles. The molecule has 1 atom stereocenters. The highest BCUT2D eigenvalue weighted by atomic mass is 16.1. The van der Waals surface area contributed by atoms with E-state index in [0.29, 0.717) is 5.78 Å². The largest absolute Gasteiger partial charge is 0.300 e. The number of ketones is 1. The van der Waals surface area contributed by atoms with Crippen LogP contribution < -0.4 is 0 Å². The first-order valence-electron chi connectivity index (χ1n) is 19.7. The standard InChI is InChI=1S/C31H60O.C10H22/c1-6-9-11-13-17-22-26-31(27-23-18-14-12-10-7-2)29(5)30(8-3)25-21-19-15-16-20-24-28(4)32;1-3-5-7-9-10-8-6-4-2/h30-31H,5-27H2,1-4H3;3-10H2,1-2H3. The van der Waals surface area contributed by atoms with Crippen molar-refractivity contribution in [3.8, 4) is 0 Å². The molecule has 252 valence electrons. The number of unbranched alkanes of at least 4 members (excludes halogenated alkanes) is 21. The zero-order valence-electron chi connectivity index (χ0n) is 30.5. The van der Waals surface area contributed by atoms with Gasteiger partial charge in [-0.3, -0.25) is 0 Å². The molecule has 0 bridgehead atoms. The van der Waals surface area contributed by atoms with Gasteiger partial charge in [0.25, 0.3) is 0 Å². The minimum Gasteiger partial charge on any atom is -0.300 e. The Kier molecular flexibility index (Phi) is 37.9. The van der Waals surface area contributed by atoms with Crippen molar-refractivity contribution in [1.82, 2.24) is 0 Å². The van der Waals surface area contributed by atoms with Crippen LogP contribution in [-0.2, 0) is 4.79 Å². The third-order valence-corrected chi connectivity index (χ3v) is 9.39.